The van der Waals surface area contributed by atoms with Crippen molar-refractivity contribution in [2.45, 2.75) is 6.92 Å². The number of nitrogens with zero attached hydrogens (tertiary/aromatic N) is 1. The Morgan fingerprint density at radius 3 is 2.67 bits per heavy atom. The number of rotatable bonds is 4. The van der Waals surface area contributed by atoms with Gasteiger partial charge in [-0.1, -0.05) is 6.07 Å². The maximum atomic E-state index is 12.1. The number of nitrogens with one attached hydrogen (secondary N) is 2. The lowest BCUT2D eigenvalue weighted by Crippen LogP contribution is -2.22. The third-order valence-corrected chi connectivity index (χ3v) is 3.12. The van der Waals surface area contributed by atoms with Crippen LogP contribution in [0, 0.1) is 0 Å². The number of anilines is 1. The first-order valence-electron chi connectivity index (χ1n) is 6.40. The molecule has 1 heterocycles. The normalized spacial score (nSPS) is 10.0. The van der Waals surface area contributed by atoms with Gasteiger partial charge in [0.1, 0.15) is 0 Å². The monoisotopic (exact) mass is 347 g/mol. The molecule has 0 atom stereocenters. The van der Waals surface area contributed by atoms with E-state index in [1.165, 1.54) is 6.20 Å². The zero-order chi connectivity index (χ0) is 15.2. The summed E-state index contributed by atoms with van der Waals surface area (Å²) in [5.41, 5.74) is 1.50. The Balaban J connectivity index is 2.14. The van der Waals surface area contributed by atoms with Gasteiger partial charge in [0.2, 0.25) is 0 Å². The molecule has 0 bridgehead atoms. The van der Waals surface area contributed by atoms with E-state index in [1.54, 1.807) is 36.5 Å². The minimum absolute atomic E-state index is 0.169. The van der Waals surface area contributed by atoms with Crippen molar-refractivity contribution >= 4 is 33.4 Å². The van der Waals surface area contributed by atoms with Crippen LogP contribution < -0.4 is 10.6 Å². The summed E-state index contributed by atoms with van der Waals surface area (Å²) in [4.78, 5) is 27.8. The minimum Gasteiger partial charge on any atom is -0.352 e. The maximum Gasteiger partial charge on any atom is 0.257 e. The van der Waals surface area contributed by atoms with Gasteiger partial charge in [0.15, 0.2) is 0 Å². The lowest BCUT2D eigenvalue weighted by molar-refractivity contribution is 0.0954. The highest BCUT2D eigenvalue weighted by Crippen LogP contribution is 2.14. The SMILES string of the molecule is CCNC(=O)c1cccc(NC(=O)c2cncc(Br)c2)c1. The fraction of sp³-hybridized carbons (Fsp3) is 0.133. The lowest BCUT2D eigenvalue weighted by Gasteiger charge is -2.07. The predicted octanol–water partition coefficient (Wildman–Crippen LogP) is 2.85. The van der Waals surface area contributed by atoms with Gasteiger partial charge < -0.3 is 10.6 Å². The van der Waals surface area contributed by atoms with Crippen LogP contribution in [0.25, 0.3) is 0 Å². The predicted molar refractivity (Wildman–Crippen MR) is 84.3 cm³/mol. The van der Waals surface area contributed by atoms with Crippen LogP contribution in [0.3, 0.4) is 0 Å². The Bertz CT molecular complexity index is 673. The molecular weight excluding hydrogens is 334 g/mol. The second-order valence-corrected chi connectivity index (χ2v) is 5.20. The van der Waals surface area contributed by atoms with Crippen LogP contribution in [0.15, 0.2) is 47.2 Å². The van der Waals surface area contributed by atoms with Gasteiger partial charge in [0, 0.05) is 34.7 Å². The van der Waals surface area contributed by atoms with E-state index >= 15 is 0 Å². The smallest absolute Gasteiger partial charge is 0.257 e. The number of amides is 2. The first-order valence-corrected chi connectivity index (χ1v) is 7.19. The molecule has 21 heavy (non-hydrogen) atoms. The summed E-state index contributed by atoms with van der Waals surface area (Å²) in [5, 5.41) is 5.46. The Morgan fingerprint density at radius 1 is 1.14 bits per heavy atom. The maximum absolute atomic E-state index is 12.1. The molecule has 2 N–H and O–H groups in total. The van der Waals surface area contributed by atoms with Crippen LogP contribution in [0.5, 0.6) is 0 Å². The summed E-state index contributed by atoms with van der Waals surface area (Å²) < 4.78 is 0.728. The van der Waals surface area contributed by atoms with Crippen molar-refractivity contribution in [1.82, 2.24) is 10.3 Å². The van der Waals surface area contributed by atoms with Crippen LogP contribution in [0.1, 0.15) is 27.6 Å². The van der Waals surface area contributed by atoms with Crippen molar-refractivity contribution in [3.8, 4) is 0 Å². The van der Waals surface area contributed by atoms with Gasteiger partial charge in [-0.3, -0.25) is 14.6 Å². The van der Waals surface area contributed by atoms with Gasteiger partial charge in [-0.05, 0) is 47.1 Å². The van der Waals surface area contributed by atoms with Crippen LogP contribution in [-0.4, -0.2) is 23.3 Å². The van der Waals surface area contributed by atoms with Crippen molar-refractivity contribution < 1.29 is 9.59 Å². The van der Waals surface area contributed by atoms with Gasteiger partial charge >= 0.3 is 0 Å². The second-order valence-electron chi connectivity index (χ2n) is 4.29. The van der Waals surface area contributed by atoms with Crippen molar-refractivity contribution in [2.75, 3.05) is 11.9 Å². The molecule has 6 heteroatoms. The molecule has 0 unspecified atom stereocenters. The number of carbonyl (C=O) groups excluding carboxylic acids is 2. The molecule has 0 fully saturated rings. The molecule has 0 saturated carbocycles. The molecule has 108 valence electrons. The van der Waals surface area contributed by atoms with E-state index in [1.807, 2.05) is 6.92 Å². The minimum atomic E-state index is -0.281. The second kappa shape index (κ2) is 6.99. The topological polar surface area (TPSA) is 71.1 Å². The van der Waals surface area contributed by atoms with Gasteiger partial charge in [-0.2, -0.15) is 0 Å². The highest BCUT2D eigenvalue weighted by Gasteiger charge is 2.09. The number of benzene rings is 1. The molecule has 0 radical (unpaired) electrons. The Kier molecular flexibility index (Phi) is 5.05. The van der Waals surface area contributed by atoms with Crippen molar-refractivity contribution in [1.29, 1.82) is 0 Å². The van der Waals surface area contributed by atoms with Crippen molar-refractivity contribution in [3.05, 3.63) is 58.3 Å². The first kappa shape index (κ1) is 15.2. The summed E-state index contributed by atoms with van der Waals surface area (Å²) in [7, 11) is 0. The average molecular weight is 348 g/mol. The standard InChI is InChI=1S/C15H14BrN3O2/c1-2-18-14(20)10-4-3-5-13(7-10)19-15(21)11-6-12(16)9-17-8-11/h3-9H,2H2,1H3,(H,18,20)(H,19,21). The summed E-state index contributed by atoms with van der Waals surface area (Å²) in [6.07, 6.45) is 3.08. The highest BCUT2D eigenvalue weighted by atomic mass is 79.9. The van der Waals surface area contributed by atoms with Crippen LogP contribution in [0.2, 0.25) is 0 Å². The van der Waals surface area contributed by atoms with Gasteiger partial charge in [0.25, 0.3) is 11.8 Å². The summed E-state index contributed by atoms with van der Waals surface area (Å²) >= 11 is 3.27. The molecule has 0 spiro atoms. The van der Waals surface area contributed by atoms with E-state index in [9.17, 15) is 9.59 Å². The summed E-state index contributed by atoms with van der Waals surface area (Å²) in [6, 6.07) is 8.46. The molecule has 0 aliphatic rings. The number of hydrogen-bond acceptors (Lipinski definition) is 3. The molecule has 2 rings (SSSR count). The van der Waals surface area contributed by atoms with Crippen molar-refractivity contribution in [3.63, 3.8) is 0 Å². The third-order valence-electron chi connectivity index (χ3n) is 2.69. The van der Waals surface area contributed by atoms with Crippen LogP contribution in [0.4, 0.5) is 5.69 Å². The molecule has 0 aliphatic heterocycles. The molecule has 0 aliphatic carbocycles. The number of carbonyl (C=O) groups is 2. The first-order chi connectivity index (χ1) is 10.1. The van der Waals surface area contributed by atoms with E-state index in [2.05, 4.69) is 31.5 Å². The quantitative estimate of drug-likeness (QED) is 0.893. The number of pyridine rings is 1. The molecule has 5 nitrogen and oxygen atoms in total. The van der Waals surface area contributed by atoms with E-state index < -0.39 is 0 Å². The fourth-order valence-electron chi connectivity index (χ4n) is 1.74. The Morgan fingerprint density at radius 2 is 1.95 bits per heavy atom. The average Bonchev–Trinajstić information content (AvgIpc) is 2.48. The Labute approximate surface area is 130 Å². The summed E-state index contributed by atoms with van der Waals surface area (Å²) in [5.74, 6) is -0.449. The molecule has 2 amide bonds. The molecular formula is C15H14BrN3O2. The molecule has 1 aromatic carbocycles. The molecule has 2 aromatic rings. The zero-order valence-corrected chi connectivity index (χ0v) is 13.0. The van der Waals surface area contributed by atoms with Crippen LogP contribution >= 0.6 is 15.9 Å². The Hall–Kier alpha value is -2.21. The fourth-order valence-corrected chi connectivity index (χ4v) is 2.10. The molecule has 0 saturated heterocycles. The number of aromatic nitrogens is 1. The number of hydrogen-bond donors (Lipinski definition) is 2. The van der Waals surface area contributed by atoms with Crippen molar-refractivity contribution in [2.24, 2.45) is 0 Å². The van der Waals surface area contributed by atoms with E-state index in [4.69, 9.17) is 0 Å². The van der Waals surface area contributed by atoms with E-state index in [0.29, 0.717) is 23.4 Å². The number of halogens is 1. The molecule has 1 aromatic heterocycles. The van der Waals surface area contributed by atoms with Gasteiger partial charge in [0.05, 0.1) is 5.56 Å². The van der Waals surface area contributed by atoms with E-state index in [-0.39, 0.29) is 11.8 Å². The summed E-state index contributed by atoms with van der Waals surface area (Å²) in [6.45, 7) is 2.41. The highest BCUT2D eigenvalue weighted by molar-refractivity contribution is 9.10. The largest absolute Gasteiger partial charge is 0.352 e. The third kappa shape index (κ3) is 4.13. The zero-order valence-electron chi connectivity index (χ0n) is 11.4. The van der Waals surface area contributed by atoms with Crippen LogP contribution in [-0.2, 0) is 0 Å². The lowest BCUT2D eigenvalue weighted by atomic mass is 10.1. The van der Waals surface area contributed by atoms with Gasteiger partial charge in [-0.15, -0.1) is 0 Å². The van der Waals surface area contributed by atoms with E-state index in [0.717, 1.165) is 4.47 Å². The van der Waals surface area contributed by atoms with Gasteiger partial charge in [-0.25, -0.2) is 0 Å².